The third-order valence-corrected chi connectivity index (χ3v) is 2.61. The molecule has 0 radical (unpaired) electrons. The second-order valence-electron chi connectivity index (χ2n) is 4.21. The van der Waals surface area contributed by atoms with Crippen molar-refractivity contribution in [3.05, 3.63) is 42.0 Å². The fraction of sp³-hybridized carbons (Fsp3) is 0.400. The number of benzene rings is 1. The molecule has 1 amide bonds. The molecule has 1 aromatic carbocycles. The summed E-state index contributed by atoms with van der Waals surface area (Å²) >= 11 is 0. The number of hydrogen-bond donors (Lipinski definition) is 2. The molecule has 1 unspecified atom stereocenters. The molecular weight excluding hydrogens is 242 g/mol. The number of amides is 1. The predicted octanol–water partition coefficient (Wildman–Crippen LogP) is 2.03. The highest BCUT2D eigenvalue weighted by Gasteiger charge is 2.13. The molecule has 1 rings (SSSR count). The predicted molar refractivity (Wildman–Crippen MR) is 74.9 cm³/mol. The maximum Gasteiger partial charge on any atom is 0.260 e. The molecule has 1 aromatic rings. The monoisotopic (exact) mass is 263 g/mol. The lowest BCUT2D eigenvalue weighted by molar-refractivity contribution is -0.127. The Balaban J connectivity index is 2.44. The van der Waals surface area contributed by atoms with Crippen molar-refractivity contribution in [3.8, 4) is 5.75 Å². The third-order valence-electron chi connectivity index (χ3n) is 2.61. The van der Waals surface area contributed by atoms with Crippen molar-refractivity contribution in [2.75, 3.05) is 6.54 Å². The van der Waals surface area contributed by atoms with Gasteiger partial charge in [-0.25, -0.2) is 0 Å². The Hall–Kier alpha value is -1.81. The summed E-state index contributed by atoms with van der Waals surface area (Å²) in [6.45, 7) is 4.22. The first kappa shape index (κ1) is 15.2. The summed E-state index contributed by atoms with van der Waals surface area (Å²) in [6, 6.07) is 7.08. The maximum atomic E-state index is 11.8. The molecule has 0 aliphatic heterocycles. The molecule has 1 atom stereocenters. The van der Waals surface area contributed by atoms with Crippen molar-refractivity contribution in [1.82, 2.24) is 5.32 Å². The summed E-state index contributed by atoms with van der Waals surface area (Å²) in [6.07, 6.45) is 4.21. The van der Waals surface area contributed by atoms with E-state index in [9.17, 15) is 4.79 Å². The second kappa shape index (κ2) is 8.32. The van der Waals surface area contributed by atoms with Crippen LogP contribution < -0.4 is 10.1 Å². The van der Waals surface area contributed by atoms with E-state index in [0.29, 0.717) is 12.3 Å². The van der Waals surface area contributed by atoms with Crippen molar-refractivity contribution < 1.29 is 14.6 Å². The fourth-order valence-corrected chi connectivity index (χ4v) is 1.56. The van der Waals surface area contributed by atoms with Crippen LogP contribution in [0.5, 0.6) is 5.75 Å². The van der Waals surface area contributed by atoms with Gasteiger partial charge >= 0.3 is 0 Å². The van der Waals surface area contributed by atoms with Crippen LogP contribution in [0, 0.1) is 0 Å². The highest BCUT2D eigenvalue weighted by Crippen LogP contribution is 2.14. The molecule has 0 bridgehead atoms. The number of hydrogen-bond acceptors (Lipinski definition) is 3. The van der Waals surface area contributed by atoms with Gasteiger partial charge in [-0.3, -0.25) is 4.79 Å². The summed E-state index contributed by atoms with van der Waals surface area (Å²) < 4.78 is 5.53. The number of rotatable bonds is 7. The average Bonchev–Trinajstić information content (AvgIpc) is 2.43. The van der Waals surface area contributed by atoms with E-state index in [1.807, 2.05) is 19.1 Å². The Bertz CT molecular complexity index is 429. The van der Waals surface area contributed by atoms with Gasteiger partial charge < -0.3 is 15.2 Å². The van der Waals surface area contributed by atoms with Gasteiger partial charge in [-0.2, -0.15) is 0 Å². The molecule has 2 N–H and O–H groups in total. The molecule has 4 heteroatoms. The lowest BCUT2D eigenvalue weighted by atomic mass is 10.2. The SMILES string of the molecule is C/C=C/CCNC(=O)C(C)Oc1cccc(CO)c1. The van der Waals surface area contributed by atoms with E-state index in [-0.39, 0.29) is 12.5 Å². The topological polar surface area (TPSA) is 58.6 Å². The first-order valence-electron chi connectivity index (χ1n) is 6.42. The summed E-state index contributed by atoms with van der Waals surface area (Å²) in [5, 5.41) is 11.8. The number of aliphatic hydroxyl groups excluding tert-OH is 1. The van der Waals surface area contributed by atoms with Crippen LogP contribution in [0.25, 0.3) is 0 Å². The Labute approximate surface area is 114 Å². The van der Waals surface area contributed by atoms with Gasteiger partial charge in [0.1, 0.15) is 5.75 Å². The molecule has 0 aliphatic rings. The lowest BCUT2D eigenvalue weighted by Gasteiger charge is -2.14. The standard InChI is InChI=1S/C15H21NO3/c1-3-4-5-9-16-15(18)12(2)19-14-8-6-7-13(10-14)11-17/h3-4,6-8,10,12,17H,5,9,11H2,1-2H3,(H,16,18)/b4-3+. The normalized spacial score (nSPS) is 12.4. The summed E-state index contributed by atoms with van der Waals surface area (Å²) in [4.78, 5) is 11.8. The Morgan fingerprint density at radius 3 is 3.00 bits per heavy atom. The third kappa shape index (κ3) is 5.57. The van der Waals surface area contributed by atoms with Gasteiger partial charge in [0, 0.05) is 6.54 Å². The first-order chi connectivity index (χ1) is 9.17. The van der Waals surface area contributed by atoms with E-state index in [2.05, 4.69) is 5.32 Å². The van der Waals surface area contributed by atoms with Crippen molar-refractivity contribution >= 4 is 5.91 Å². The van der Waals surface area contributed by atoms with Gasteiger partial charge in [0.05, 0.1) is 6.61 Å². The van der Waals surface area contributed by atoms with Crippen molar-refractivity contribution in [2.24, 2.45) is 0 Å². The van der Waals surface area contributed by atoms with E-state index >= 15 is 0 Å². The van der Waals surface area contributed by atoms with Gasteiger partial charge in [0.15, 0.2) is 6.10 Å². The van der Waals surface area contributed by atoms with E-state index in [1.165, 1.54) is 0 Å². The number of aliphatic hydroxyl groups is 1. The van der Waals surface area contributed by atoms with Crippen molar-refractivity contribution in [1.29, 1.82) is 0 Å². The van der Waals surface area contributed by atoms with Crippen LogP contribution >= 0.6 is 0 Å². The summed E-state index contributed by atoms with van der Waals surface area (Å²) in [5.74, 6) is 0.446. The Kier molecular flexibility index (Phi) is 6.68. The molecule has 0 heterocycles. The van der Waals surface area contributed by atoms with Crippen LogP contribution in [-0.2, 0) is 11.4 Å². The highest BCUT2D eigenvalue weighted by molar-refractivity contribution is 5.80. The molecule has 0 fully saturated rings. The number of nitrogens with one attached hydrogen (secondary N) is 1. The number of carbonyl (C=O) groups is 1. The minimum atomic E-state index is -0.556. The summed E-state index contributed by atoms with van der Waals surface area (Å²) in [5.41, 5.74) is 0.762. The van der Waals surface area contributed by atoms with Crippen molar-refractivity contribution in [3.63, 3.8) is 0 Å². The average molecular weight is 263 g/mol. The van der Waals surface area contributed by atoms with Crippen LogP contribution in [0.2, 0.25) is 0 Å². The summed E-state index contributed by atoms with van der Waals surface area (Å²) in [7, 11) is 0. The Morgan fingerprint density at radius 2 is 2.32 bits per heavy atom. The van der Waals surface area contributed by atoms with Gasteiger partial charge in [-0.05, 0) is 38.0 Å². The smallest absolute Gasteiger partial charge is 0.260 e. The largest absolute Gasteiger partial charge is 0.481 e. The first-order valence-corrected chi connectivity index (χ1v) is 6.42. The Morgan fingerprint density at radius 1 is 1.53 bits per heavy atom. The van der Waals surface area contributed by atoms with Gasteiger partial charge in [-0.1, -0.05) is 24.3 Å². The molecule has 4 nitrogen and oxygen atoms in total. The number of ether oxygens (including phenoxy) is 1. The zero-order valence-electron chi connectivity index (χ0n) is 11.4. The lowest BCUT2D eigenvalue weighted by Crippen LogP contribution is -2.36. The molecule has 0 spiro atoms. The molecule has 19 heavy (non-hydrogen) atoms. The number of allylic oxidation sites excluding steroid dienone is 1. The van der Waals surface area contributed by atoms with Crippen LogP contribution in [-0.4, -0.2) is 23.7 Å². The quantitative estimate of drug-likeness (QED) is 0.584. The van der Waals surface area contributed by atoms with E-state index in [0.717, 1.165) is 12.0 Å². The second-order valence-corrected chi connectivity index (χ2v) is 4.21. The molecule has 0 aromatic heterocycles. The van der Waals surface area contributed by atoms with E-state index < -0.39 is 6.10 Å². The molecule has 0 aliphatic carbocycles. The molecule has 0 saturated carbocycles. The van der Waals surface area contributed by atoms with Gasteiger partial charge in [-0.15, -0.1) is 0 Å². The van der Waals surface area contributed by atoms with E-state index in [4.69, 9.17) is 9.84 Å². The van der Waals surface area contributed by atoms with Crippen LogP contribution in [0.4, 0.5) is 0 Å². The molecular formula is C15H21NO3. The van der Waals surface area contributed by atoms with E-state index in [1.54, 1.807) is 31.2 Å². The highest BCUT2D eigenvalue weighted by atomic mass is 16.5. The van der Waals surface area contributed by atoms with Crippen LogP contribution in [0.15, 0.2) is 36.4 Å². The van der Waals surface area contributed by atoms with Crippen molar-refractivity contribution in [2.45, 2.75) is 33.0 Å². The van der Waals surface area contributed by atoms with Crippen LogP contribution in [0.3, 0.4) is 0 Å². The molecule has 0 saturated heterocycles. The zero-order chi connectivity index (χ0) is 14.1. The molecule has 104 valence electrons. The number of carbonyl (C=O) groups excluding carboxylic acids is 1. The van der Waals surface area contributed by atoms with Gasteiger partial charge in [0.2, 0.25) is 0 Å². The van der Waals surface area contributed by atoms with Crippen LogP contribution in [0.1, 0.15) is 25.8 Å². The zero-order valence-corrected chi connectivity index (χ0v) is 11.4. The maximum absolute atomic E-state index is 11.8. The fourth-order valence-electron chi connectivity index (χ4n) is 1.56. The minimum Gasteiger partial charge on any atom is -0.481 e. The van der Waals surface area contributed by atoms with Gasteiger partial charge in [0.25, 0.3) is 5.91 Å². The minimum absolute atomic E-state index is 0.0405.